The summed E-state index contributed by atoms with van der Waals surface area (Å²) >= 11 is 1.47. The SMILES string of the molecule is NC(C(=O)Nc1ccccc1-n1cccn1)c1cccs1. The highest BCUT2D eigenvalue weighted by molar-refractivity contribution is 7.10. The number of amides is 1. The maximum atomic E-state index is 12.3. The molecule has 1 amide bonds. The first-order valence-electron chi connectivity index (χ1n) is 6.44. The molecule has 3 aromatic rings. The van der Waals surface area contributed by atoms with E-state index in [0.29, 0.717) is 5.69 Å². The Bertz CT molecular complexity index is 722. The summed E-state index contributed by atoms with van der Waals surface area (Å²) in [5.41, 5.74) is 7.45. The van der Waals surface area contributed by atoms with Crippen LogP contribution < -0.4 is 11.1 Å². The number of aromatic nitrogens is 2. The van der Waals surface area contributed by atoms with Crippen LogP contribution in [0.5, 0.6) is 0 Å². The molecule has 1 atom stereocenters. The van der Waals surface area contributed by atoms with E-state index in [1.807, 2.05) is 54.0 Å². The van der Waals surface area contributed by atoms with E-state index in [2.05, 4.69) is 10.4 Å². The van der Waals surface area contributed by atoms with Gasteiger partial charge in [-0.1, -0.05) is 18.2 Å². The number of thiophene rings is 1. The van der Waals surface area contributed by atoms with Crippen LogP contribution in [0.2, 0.25) is 0 Å². The topological polar surface area (TPSA) is 72.9 Å². The van der Waals surface area contributed by atoms with E-state index in [-0.39, 0.29) is 5.91 Å². The first kappa shape index (κ1) is 13.5. The van der Waals surface area contributed by atoms with Gasteiger partial charge in [0.05, 0.1) is 11.4 Å². The number of anilines is 1. The second-order valence-corrected chi connectivity index (χ2v) is 5.43. The third-order valence-electron chi connectivity index (χ3n) is 3.05. The van der Waals surface area contributed by atoms with E-state index in [9.17, 15) is 4.79 Å². The van der Waals surface area contributed by atoms with Crippen LogP contribution in [0.1, 0.15) is 10.9 Å². The number of rotatable bonds is 4. The molecular formula is C15H14N4OS. The Morgan fingerprint density at radius 3 is 2.81 bits per heavy atom. The second kappa shape index (κ2) is 5.90. The minimum atomic E-state index is -0.671. The Hall–Kier alpha value is -2.44. The molecule has 21 heavy (non-hydrogen) atoms. The quantitative estimate of drug-likeness (QED) is 0.777. The number of hydrogen-bond donors (Lipinski definition) is 2. The molecule has 0 radical (unpaired) electrons. The molecule has 0 aliphatic carbocycles. The van der Waals surface area contributed by atoms with Gasteiger partial charge in [0.15, 0.2) is 0 Å². The standard InChI is InChI=1S/C15H14N4OS/c16-14(13-7-3-10-21-13)15(20)18-11-5-1-2-6-12(11)19-9-4-8-17-19/h1-10,14H,16H2,(H,18,20). The Kier molecular flexibility index (Phi) is 3.81. The van der Waals surface area contributed by atoms with E-state index in [1.165, 1.54) is 11.3 Å². The highest BCUT2D eigenvalue weighted by atomic mass is 32.1. The van der Waals surface area contributed by atoms with E-state index in [0.717, 1.165) is 10.6 Å². The van der Waals surface area contributed by atoms with Crippen molar-refractivity contribution in [1.82, 2.24) is 9.78 Å². The molecule has 3 N–H and O–H groups in total. The lowest BCUT2D eigenvalue weighted by molar-refractivity contribution is -0.117. The van der Waals surface area contributed by atoms with Crippen LogP contribution in [0, 0.1) is 0 Å². The molecule has 0 saturated heterocycles. The largest absolute Gasteiger partial charge is 0.323 e. The Labute approximate surface area is 126 Å². The maximum Gasteiger partial charge on any atom is 0.246 e. The third-order valence-corrected chi connectivity index (χ3v) is 4.00. The van der Waals surface area contributed by atoms with Gasteiger partial charge in [-0.3, -0.25) is 4.79 Å². The van der Waals surface area contributed by atoms with Crippen molar-refractivity contribution in [2.75, 3.05) is 5.32 Å². The molecule has 3 rings (SSSR count). The fraction of sp³-hybridized carbons (Fsp3) is 0.0667. The highest BCUT2D eigenvalue weighted by Gasteiger charge is 2.18. The number of nitrogens with zero attached hydrogens (tertiary/aromatic N) is 2. The minimum absolute atomic E-state index is 0.239. The third kappa shape index (κ3) is 2.86. The van der Waals surface area contributed by atoms with Crippen molar-refractivity contribution >= 4 is 22.9 Å². The van der Waals surface area contributed by atoms with Gasteiger partial charge in [-0.2, -0.15) is 5.10 Å². The number of benzene rings is 1. The van der Waals surface area contributed by atoms with Crippen molar-refractivity contribution in [2.24, 2.45) is 5.73 Å². The molecule has 2 aromatic heterocycles. The normalized spacial score (nSPS) is 12.0. The molecule has 0 bridgehead atoms. The second-order valence-electron chi connectivity index (χ2n) is 4.45. The molecule has 1 unspecified atom stereocenters. The summed E-state index contributed by atoms with van der Waals surface area (Å²) < 4.78 is 1.70. The van der Waals surface area contributed by atoms with Gasteiger partial charge in [0, 0.05) is 17.3 Å². The van der Waals surface area contributed by atoms with E-state index in [1.54, 1.807) is 10.9 Å². The predicted octanol–water partition coefficient (Wildman–Crippen LogP) is 2.57. The first-order chi connectivity index (χ1) is 10.3. The zero-order valence-electron chi connectivity index (χ0n) is 11.1. The average molecular weight is 298 g/mol. The van der Waals surface area contributed by atoms with Crippen LogP contribution in [0.3, 0.4) is 0 Å². The van der Waals surface area contributed by atoms with Gasteiger partial charge in [0.1, 0.15) is 6.04 Å². The van der Waals surface area contributed by atoms with Crippen molar-refractivity contribution < 1.29 is 4.79 Å². The van der Waals surface area contributed by atoms with Gasteiger partial charge in [0.25, 0.3) is 0 Å². The van der Waals surface area contributed by atoms with Crippen LogP contribution in [0.4, 0.5) is 5.69 Å². The van der Waals surface area contributed by atoms with E-state index < -0.39 is 6.04 Å². The van der Waals surface area contributed by atoms with Crippen molar-refractivity contribution in [3.8, 4) is 5.69 Å². The van der Waals surface area contributed by atoms with Crippen LogP contribution in [-0.2, 0) is 4.79 Å². The lowest BCUT2D eigenvalue weighted by Crippen LogP contribution is -2.27. The number of nitrogens with one attached hydrogen (secondary N) is 1. The zero-order valence-corrected chi connectivity index (χ0v) is 12.0. The van der Waals surface area contributed by atoms with Gasteiger partial charge in [-0.15, -0.1) is 11.3 Å². The molecule has 5 nitrogen and oxygen atoms in total. The number of nitrogens with two attached hydrogens (primary N) is 1. The molecule has 0 fully saturated rings. The van der Waals surface area contributed by atoms with Crippen molar-refractivity contribution in [1.29, 1.82) is 0 Å². The summed E-state index contributed by atoms with van der Waals surface area (Å²) in [5.74, 6) is -0.239. The summed E-state index contributed by atoms with van der Waals surface area (Å²) in [6, 6.07) is 12.4. The molecule has 2 heterocycles. The zero-order chi connectivity index (χ0) is 14.7. The summed E-state index contributed by atoms with van der Waals surface area (Å²) in [5, 5.41) is 8.96. The lowest BCUT2D eigenvalue weighted by Gasteiger charge is -2.14. The fourth-order valence-electron chi connectivity index (χ4n) is 2.00. The Balaban J connectivity index is 1.84. The van der Waals surface area contributed by atoms with Crippen LogP contribution in [0.15, 0.2) is 60.2 Å². The van der Waals surface area contributed by atoms with Crippen molar-refractivity contribution in [3.05, 3.63) is 65.1 Å². The van der Waals surface area contributed by atoms with Crippen LogP contribution >= 0.6 is 11.3 Å². The predicted molar refractivity (Wildman–Crippen MR) is 83.4 cm³/mol. The van der Waals surface area contributed by atoms with Crippen molar-refractivity contribution in [2.45, 2.75) is 6.04 Å². The minimum Gasteiger partial charge on any atom is -0.323 e. The first-order valence-corrected chi connectivity index (χ1v) is 7.32. The monoisotopic (exact) mass is 298 g/mol. The van der Waals surface area contributed by atoms with Gasteiger partial charge in [-0.25, -0.2) is 4.68 Å². The molecule has 1 aromatic carbocycles. The Morgan fingerprint density at radius 2 is 2.10 bits per heavy atom. The van der Waals surface area contributed by atoms with Gasteiger partial charge < -0.3 is 11.1 Å². The van der Waals surface area contributed by atoms with Crippen molar-refractivity contribution in [3.63, 3.8) is 0 Å². The van der Waals surface area contributed by atoms with E-state index in [4.69, 9.17) is 5.73 Å². The Morgan fingerprint density at radius 1 is 1.24 bits per heavy atom. The molecule has 0 aliphatic heterocycles. The number of hydrogen-bond acceptors (Lipinski definition) is 4. The fourth-order valence-corrected chi connectivity index (χ4v) is 2.72. The smallest absolute Gasteiger partial charge is 0.246 e. The molecule has 106 valence electrons. The summed E-state index contributed by atoms with van der Waals surface area (Å²) in [6.07, 6.45) is 3.51. The lowest BCUT2D eigenvalue weighted by atomic mass is 10.2. The molecule has 0 spiro atoms. The van der Waals surface area contributed by atoms with Gasteiger partial charge in [0.2, 0.25) is 5.91 Å². The molecular weight excluding hydrogens is 284 g/mol. The highest BCUT2D eigenvalue weighted by Crippen LogP contribution is 2.22. The van der Waals surface area contributed by atoms with Crippen LogP contribution in [0.25, 0.3) is 5.69 Å². The van der Waals surface area contributed by atoms with Crippen LogP contribution in [-0.4, -0.2) is 15.7 Å². The molecule has 6 heteroatoms. The number of carbonyl (C=O) groups excluding carboxylic acids is 1. The number of carbonyl (C=O) groups is 1. The van der Waals surface area contributed by atoms with Gasteiger partial charge in [-0.05, 0) is 29.6 Å². The summed E-state index contributed by atoms with van der Waals surface area (Å²) in [4.78, 5) is 13.1. The van der Waals surface area contributed by atoms with E-state index >= 15 is 0 Å². The maximum absolute atomic E-state index is 12.3. The average Bonchev–Trinajstić information content (AvgIpc) is 3.20. The summed E-state index contributed by atoms with van der Waals surface area (Å²) in [7, 11) is 0. The summed E-state index contributed by atoms with van der Waals surface area (Å²) in [6.45, 7) is 0. The van der Waals surface area contributed by atoms with Gasteiger partial charge >= 0.3 is 0 Å². The molecule has 0 saturated carbocycles. The number of para-hydroxylation sites is 2. The molecule has 0 aliphatic rings.